The summed E-state index contributed by atoms with van der Waals surface area (Å²) in [5, 5.41) is 0. The van der Waals surface area contributed by atoms with Gasteiger partial charge in [-0.3, -0.25) is 0 Å². The largest absolute Gasteiger partial charge is 0.490 e. The maximum Gasteiger partial charge on any atom is 0.161 e. The monoisotopic (exact) mass is 338 g/mol. The van der Waals surface area contributed by atoms with E-state index in [0.29, 0.717) is 17.9 Å². The normalized spacial score (nSPS) is 11.2. The Bertz CT molecular complexity index is 744. The number of hydrogen-bond acceptors (Lipinski definition) is 4. The first-order valence-electron chi connectivity index (χ1n) is 7.21. The highest BCUT2D eigenvalue weighted by atomic mass is 32.2. The van der Waals surface area contributed by atoms with Crippen LogP contribution in [-0.4, -0.2) is 27.0 Å². The van der Waals surface area contributed by atoms with E-state index in [0.717, 1.165) is 5.56 Å². The molecule has 0 bridgehead atoms. The molecule has 0 aliphatic rings. The van der Waals surface area contributed by atoms with Crippen molar-refractivity contribution in [3.63, 3.8) is 0 Å². The van der Waals surface area contributed by atoms with Gasteiger partial charge < -0.3 is 9.47 Å². The van der Waals surface area contributed by atoms with Crippen LogP contribution < -0.4 is 9.47 Å². The second-order valence-electron chi connectivity index (χ2n) is 5.20. The lowest BCUT2D eigenvalue weighted by Crippen LogP contribution is -2.08. The van der Waals surface area contributed by atoms with Gasteiger partial charge in [0.15, 0.2) is 11.5 Å². The van der Waals surface area contributed by atoms with Gasteiger partial charge in [0.1, 0.15) is 22.3 Å². The first kappa shape index (κ1) is 17.3. The van der Waals surface area contributed by atoms with E-state index in [-0.39, 0.29) is 24.8 Å². The van der Waals surface area contributed by atoms with Crippen LogP contribution in [0.2, 0.25) is 0 Å². The minimum Gasteiger partial charge on any atom is -0.490 e. The lowest BCUT2D eigenvalue weighted by molar-refractivity contribution is 0.262. The SMILES string of the molecule is CS(=O)(=O)CCCOc1ccccc1OCc1cccc(F)c1. The molecular weight excluding hydrogens is 319 g/mol. The molecule has 0 heterocycles. The summed E-state index contributed by atoms with van der Waals surface area (Å²) in [5.74, 6) is 0.851. The van der Waals surface area contributed by atoms with Crippen molar-refractivity contribution in [2.75, 3.05) is 18.6 Å². The minimum absolute atomic E-state index is 0.0827. The molecule has 4 nitrogen and oxygen atoms in total. The Morgan fingerprint density at radius 3 is 2.35 bits per heavy atom. The Hall–Kier alpha value is -2.08. The molecule has 6 heteroatoms. The standard InChI is InChI=1S/C17H19FO4S/c1-23(19,20)11-5-10-21-16-8-2-3-9-17(16)22-13-14-6-4-7-15(18)12-14/h2-4,6-9,12H,5,10-11,13H2,1H3. The Morgan fingerprint density at radius 1 is 1.00 bits per heavy atom. The molecule has 0 atom stereocenters. The van der Waals surface area contributed by atoms with Crippen molar-refractivity contribution in [3.8, 4) is 11.5 Å². The lowest BCUT2D eigenvalue weighted by atomic mass is 10.2. The number of benzene rings is 2. The number of hydrogen-bond donors (Lipinski definition) is 0. The van der Waals surface area contributed by atoms with Gasteiger partial charge in [0.05, 0.1) is 12.4 Å². The van der Waals surface area contributed by atoms with Crippen molar-refractivity contribution in [1.29, 1.82) is 0 Å². The molecule has 124 valence electrons. The third-order valence-electron chi connectivity index (χ3n) is 3.05. The zero-order valence-corrected chi connectivity index (χ0v) is 13.7. The van der Waals surface area contributed by atoms with Crippen LogP contribution in [0.5, 0.6) is 11.5 Å². The minimum atomic E-state index is -2.99. The molecule has 0 saturated heterocycles. The molecule has 0 aliphatic heterocycles. The Morgan fingerprint density at radius 2 is 1.70 bits per heavy atom. The van der Waals surface area contributed by atoms with Gasteiger partial charge in [0.25, 0.3) is 0 Å². The first-order valence-corrected chi connectivity index (χ1v) is 9.27. The number of rotatable bonds is 8. The average molecular weight is 338 g/mol. The topological polar surface area (TPSA) is 52.6 Å². The molecule has 23 heavy (non-hydrogen) atoms. The Kier molecular flexibility index (Phi) is 5.98. The molecule has 0 aliphatic carbocycles. The summed E-state index contributed by atoms with van der Waals surface area (Å²) < 4.78 is 46.6. The first-order chi connectivity index (χ1) is 10.9. The van der Waals surface area contributed by atoms with E-state index >= 15 is 0 Å². The predicted octanol–water partition coefficient (Wildman–Crippen LogP) is 3.22. The molecule has 0 spiro atoms. The van der Waals surface area contributed by atoms with Crippen molar-refractivity contribution in [2.24, 2.45) is 0 Å². The smallest absolute Gasteiger partial charge is 0.161 e. The van der Waals surface area contributed by atoms with Gasteiger partial charge in [-0.15, -0.1) is 0 Å². The van der Waals surface area contributed by atoms with Crippen molar-refractivity contribution in [2.45, 2.75) is 13.0 Å². The van der Waals surface area contributed by atoms with Gasteiger partial charge in [-0.25, -0.2) is 12.8 Å². The van der Waals surface area contributed by atoms with E-state index < -0.39 is 9.84 Å². The molecule has 0 amide bonds. The quantitative estimate of drug-likeness (QED) is 0.694. The molecule has 0 saturated carbocycles. The number of para-hydroxylation sites is 2. The zero-order chi connectivity index (χ0) is 16.7. The fourth-order valence-corrected chi connectivity index (χ4v) is 2.62. The van der Waals surface area contributed by atoms with Crippen LogP contribution in [0.15, 0.2) is 48.5 Å². The fourth-order valence-electron chi connectivity index (χ4n) is 1.98. The van der Waals surface area contributed by atoms with Gasteiger partial charge in [0, 0.05) is 6.26 Å². The van der Waals surface area contributed by atoms with Crippen LogP contribution >= 0.6 is 0 Å². The van der Waals surface area contributed by atoms with Crippen molar-refractivity contribution >= 4 is 9.84 Å². The second-order valence-corrected chi connectivity index (χ2v) is 7.46. The van der Waals surface area contributed by atoms with E-state index in [4.69, 9.17) is 9.47 Å². The van der Waals surface area contributed by atoms with Crippen LogP contribution in [0.25, 0.3) is 0 Å². The zero-order valence-electron chi connectivity index (χ0n) is 12.9. The third kappa shape index (κ3) is 6.28. The summed E-state index contributed by atoms with van der Waals surface area (Å²) in [5.41, 5.74) is 0.719. The summed E-state index contributed by atoms with van der Waals surface area (Å²) in [6, 6.07) is 13.3. The summed E-state index contributed by atoms with van der Waals surface area (Å²) in [6.45, 7) is 0.509. The number of ether oxygens (including phenoxy) is 2. The molecule has 2 aromatic rings. The molecule has 2 aromatic carbocycles. The summed E-state index contributed by atoms with van der Waals surface area (Å²) in [7, 11) is -2.99. The summed E-state index contributed by atoms with van der Waals surface area (Å²) in [4.78, 5) is 0. The van der Waals surface area contributed by atoms with Gasteiger partial charge in [0.2, 0.25) is 0 Å². The maximum absolute atomic E-state index is 13.1. The van der Waals surface area contributed by atoms with Crippen LogP contribution in [0.4, 0.5) is 4.39 Å². The Labute approximate surface area is 135 Å². The summed E-state index contributed by atoms with van der Waals surface area (Å²) >= 11 is 0. The molecule has 0 radical (unpaired) electrons. The van der Waals surface area contributed by atoms with Crippen LogP contribution in [0, 0.1) is 5.82 Å². The maximum atomic E-state index is 13.1. The highest BCUT2D eigenvalue weighted by Gasteiger charge is 2.07. The van der Waals surface area contributed by atoms with Crippen molar-refractivity contribution < 1.29 is 22.3 Å². The van der Waals surface area contributed by atoms with Crippen LogP contribution in [-0.2, 0) is 16.4 Å². The number of sulfone groups is 1. The Balaban J connectivity index is 1.92. The van der Waals surface area contributed by atoms with Crippen LogP contribution in [0.3, 0.4) is 0 Å². The fraction of sp³-hybridized carbons (Fsp3) is 0.294. The van der Waals surface area contributed by atoms with Gasteiger partial charge in [-0.1, -0.05) is 24.3 Å². The van der Waals surface area contributed by atoms with Crippen LogP contribution in [0.1, 0.15) is 12.0 Å². The van der Waals surface area contributed by atoms with Crippen molar-refractivity contribution in [3.05, 3.63) is 59.9 Å². The molecule has 0 fully saturated rings. The van der Waals surface area contributed by atoms with E-state index in [1.54, 1.807) is 30.3 Å². The number of halogens is 1. The van der Waals surface area contributed by atoms with E-state index in [2.05, 4.69) is 0 Å². The van der Waals surface area contributed by atoms with E-state index in [1.165, 1.54) is 18.4 Å². The third-order valence-corrected chi connectivity index (χ3v) is 4.08. The van der Waals surface area contributed by atoms with Crippen molar-refractivity contribution in [1.82, 2.24) is 0 Å². The average Bonchev–Trinajstić information content (AvgIpc) is 2.50. The van der Waals surface area contributed by atoms with Gasteiger partial charge >= 0.3 is 0 Å². The summed E-state index contributed by atoms with van der Waals surface area (Å²) in [6.07, 6.45) is 1.61. The van der Waals surface area contributed by atoms with E-state index in [1.807, 2.05) is 6.07 Å². The molecule has 0 aromatic heterocycles. The van der Waals surface area contributed by atoms with Gasteiger partial charge in [-0.05, 0) is 36.2 Å². The molecule has 2 rings (SSSR count). The molecule has 0 unspecified atom stereocenters. The molecule has 0 N–H and O–H groups in total. The van der Waals surface area contributed by atoms with Gasteiger partial charge in [-0.2, -0.15) is 0 Å². The predicted molar refractivity (Wildman–Crippen MR) is 87.0 cm³/mol. The second kappa shape index (κ2) is 7.97. The highest BCUT2D eigenvalue weighted by molar-refractivity contribution is 7.90. The van der Waals surface area contributed by atoms with E-state index in [9.17, 15) is 12.8 Å². The lowest BCUT2D eigenvalue weighted by Gasteiger charge is -2.12. The highest BCUT2D eigenvalue weighted by Crippen LogP contribution is 2.27. The molecular formula is C17H19FO4S.